The molecule has 0 aromatic heterocycles. The van der Waals surface area contributed by atoms with Crippen molar-refractivity contribution in [3.63, 3.8) is 0 Å². The van der Waals surface area contributed by atoms with E-state index < -0.39 is 0 Å². The van der Waals surface area contributed by atoms with Gasteiger partial charge in [0.25, 0.3) is 5.91 Å². The van der Waals surface area contributed by atoms with E-state index in [9.17, 15) is 9.18 Å². The van der Waals surface area contributed by atoms with Crippen molar-refractivity contribution in [1.29, 1.82) is 0 Å². The Labute approximate surface area is 144 Å². The van der Waals surface area contributed by atoms with Crippen molar-refractivity contribution in [2.75, 3.05) is 12.4 Å². The molecule has 0 bridgehead atoms. The summed E-state index contributed by atoms with van der Waals surface area (Å²) in [5, 5.41) is 2.71. The van der Waals surface area contributed by atoms with Crippen LogP contribution in [0, 0.1) is 5.82 Å². The molecule has 0 aliphatic carbocycles. The van der Waals surface area contributed by atoms with Gasteiger partial charge in [-0.1, -0.05) is 0 Å². The van der Waals surface area contributed by atoms with Crippen molar-refractivity contribution in [2.45, 2.75) is 0 Å². The largest absolute Gasteiger partial charge is 0.497 e. The topological polar surface area (TPSA) is 47.6 Å². The van der Waals surface area contributed by atoms with Gasteiger partial charge < -0.3 is 14.8 Å². The van der Waals surface area contributed by atoms with E-state index in [0.717, 1.165) is 5.75 Å². The third-order valence-corrected chi connectivity index (χ3v) is 3.51. The second-order valence-corrected chi connectivity index (χ2v) is 5.26. The number of rotatable bonds is 5. The number of benzene rings is 3. The number of hydrogen-bond donors (Lipinski definition) is 1. The van der Waals surface area contributed by atoms with Gasteiger partial charge in [-0.2, -0.15) is 0 Å². The van der Waals surface area contributed by atoms with Gasteiger partial charge in [0, 0.05) is 11.3 Å². The van der Waals surface area contributed by atoms with Crippen LogP contribution >= 0.6 is 0 Å². The Kier molecular flexibility index (Phi) is 4.95. The van der Waals surface area contributed by atoms with Crippen molar-refractivity contribution >= 4 is 11.6 Å². The zero-order valence-corrected chi connectivity index (χ0v) is 13.5. The lowest BCUT2D eigenvalue weighted by molar-refractivity contribution is 0.102. The van der Waals surface area contributed by atoms with Crippen LogP contribution in [-0.4, -0.2) is 13.0 Å². The average Bonchev–Trinajstić information content (AvgIpc) is 2.65. The number of carbonyl (C=O) groups excluding carboxylic acids is 1. The van der Waals surface area contributed by atoms with Gasteiger partial charge in [-0.25, -0.2) is 4.39 Å². The standard InChI is InChI=1S/C20H16FNO3/c1-24-17-10-12-19(13-11-17)25-18-8-2-14(3-9-18)20(23)22-16-6-4-15(21)5-7-16/h2-13H,1H3,(H,22,23). The highest BCUT2D eigenvalue weighted by molar-refractivity contribution is 6.04. The molecule has 25 heavy (non-hydrogen) atoms. The van der Waals surface area contributed by atoms with Crippen LogP contribution in [0.15, 0.2) is 72.8 Å². The molecule has 1 N–H and O–H groups in total. The molecule has 3 aromatic rings. The predicted molar refractivity (Wildman–Crippen MR) is 93.9 cm³/mol. The van der Waals surface area contributed by atoms with E-state index in [1.807, 2.05) is 0 Å². The number of halogens is 1. The molecule has 0 radical (unpaired) electrons. The molecule has 0 atom stereocenters. The third kappa shape index (κ3) is 4.35. The van der Waals surface area contributed by atoms with Crippen LogP contribution < -0.4 is 14.8 Å². The molecule has 0 aliphatic heterocycles. The summed E-state index contributed by atoms with van der Waals surface area (Å²) >= 11 is 0. The van der Waals surface area contributed by atoms with Gasteiger partial charge in [0.1, 0.15) is 23.1 Å². The maximum atomic E-state index is 12.9. The van der Waals surface area contributed by atoms with Crippen LogP contribution in [0.25, 0.3) is 0 Å². The molecule has 0 heterocycles. The van der Waals surface area contributed by atoms with Gasteiger partial charge in [-0.15, -0.1) is 0 Å². The first-order chi connectivity index (χ1) is 12.1. The van der Waals surface area contributed by atoms with Crippen molar-refractivity contribution in [1.82, 2.24) is 0 Å². The Morgan fingerprint density at radius 2 is 1.32 bits per heavy atom. The SMILES string of the molecule is COc1ccc(Oc2ccc(C(=O)Nc3ccc(F)cc3)cc2)cc1. The van der Waals surface area contributed by atoms with Crippen molar-refractivity contribution < 1.29 is 18.7 Å². The number of anilines is 1. The van der Waals surface area contributed by atoms with Crippen molar-refractivity contribution in [3.8, 4) is 17.2 Å². The molecule has 0 saturated heterocycles. The molecule has 0 fully saturated rings. The van der Waals surface area contributed by atoms with E-state index in [1.165, 1.54) is 24.3 Å². The minimum Gasteiger partial charge on any atom is -0.497 e. The van der Waals surface area contributed by atoms with E-state index in [4.69, 9.17) is 9.47 Å². The highest BCUT2D eigenvalue weighted by atomic mass is 19.1. The van der Waals surface area contributed by atoms with E-state index in [0.29, 0.717) is 22.7 Å². The summed E-state index contributed by atoms with van der Waals surface area (Å²) < 4.78 is 23.7. The Bertz CT molecular complexity index is 844. The van der Waals surface area contributed by atoms with E-state index in [-0.39, 0.29) is 11.7 Å². The number of amides is 1. The molecule has 126 valence electrons. The summed E-state index contributed by atoms with van der Waals surface area (Å²) in [4.78, 5) is 12.2. The fourth-order valence-electron chi connectivity index (χ4n) is 2.19. The molecule has 0 unspecified atom stereocenters. The first-order valence-electron chi connectivity index (χ1n) is 7.63. The van der Waals surface area contributed by atoms with Crippen LogP contribution in [0.5, 0.6) is 17.2 Å². The fourth-order valence-corrected chi connectivity index (χ4v) is 2.19. The highest BCUT2D eigenvalue weighted by Gasteiger charge is 2.07. The lowest BCUT2D eigenvalue weighted by atomic mass is 10.2. The van der Waals surface area contributed by atoms with Crippen LogP contribution in [0.3, 0.4) is 0 Å². The van der Waals surface area contributed by atoms with Gasteiger partial charge >= 0.3 is 0 Å². The van der Waals surface area contributed by atoms with Gasteiger partial charge in [0.15, 0.2) is 0 Å². The zero-order chi connectivity index (χ0) is 17.6. The second kappa shape index (κ2) is 7.49. The number of methoxy groups -OCH3 is 1. The Balaban J connectivity index is 1.64. The predicted octanol–water partition coefficient (Wildman–Crippen LogP) is 4.88. The summed E-state index contributed by atoms with van der Waals surface area (Å²) in [7, 11) is 1.60. The molecule has 3 aromatic carbocycles. The van der Waals surface area contributed by atoms with Crippen molar-refractivity contribution in [2.24, 2.45) is 0 Å². The highest BCUT2D eigenvalue weighted by Crippen LogP contribution is 2.24. The van der Waals surface area contributed by atoms with Crippen LogP contribution in [0.2, 0.25) is 0 Å². The summed E-state index contributed by atoms with van der Waals surface area (Å²) in [6, 6.07) is 19.6. The van der Waals surface area contributed by atoms with Crippen LogP contribution in [-0.2, 0) is 0 Å². The zero-order valence-electron chi connectivity index (χ0n) is 13.5. The molecular weight excluding hydrogens is 321 g/mol. The normalized spacial score (nSPS) is 10.2. The maximum absolute atomic E-state index is 12.9. The Morgan fingerprint density at radius 1 is 0.800 bits per heavy atom. The Hall–Kier alpha value is -3.34. The third-order valence-electron chi connectivity index (χ3n) is 3.51. The lowest BCUT2D eigenvalue weighted by Crippen LogP contribution is -2.11. The Morgan fingerprint density at radius 3 is 1.88 bits per heavy atom. The molecule has 0 saturated carbocycles. The summed E-state index contributed by atoms with van der Waals surface area (Å²) in [6.45, 7) is 0. The minimum atomic E-state index is -0.349. The van der Waals surface area contributed by atoms with Crippen LogP contribution in [0.1, 0.15) is 10.4 Å². The first-order valence-corrected chi connectivity index (χ1v) is 7.63. The summed E-state index contributed by atoms with van der Waals surface area (Å²) in [5.41, 5.74) is 1.01. The lowest BCUT2D eigenvalue weighted by Gasteiger charge is -2.08. The molecule has 4 nitrogen and oxygen atoms in total. The van der Waals surface area contributed by atoms with Gasteiger partial charge in [0.2, 0.25) is 0 Å². The number of carbonyl (C=O) groups is 1. The van der Waals surface area contributed by atoms with Gasteiger partial charge in [-0.05, 0) is 72.8 Å². The molecular formula is C20H16FNO3. The van der Waals surface area contributed by atoms with E-state index in [1.54, 1.807) is 55.6 Å². The number of nitrogens with one attached hydrogen (secondary N) is 1. The van der Waals surface area contributed by atoms with E-state index in [2.05, 4.69) is 5.32 Å². The number of hydrogen-bond acceptors (Lipinski definition) is 3. The average molecular weight is 337 g/mol. The quantitative estimate of drug-likeness (QED) is 0.722. The summed E-state index contributed by atoms with van der Waals surface area (Å²) in [5.74, 6) is 1.41. The smallest absolute Gasteiger partial charge is 0.255 e. The van der Waals surface area contributed by atoms with E-state index >= 15 is 0 Å². The van der Waals surface area contributed by atoms with Crippen LogP contribution in [0.4, 0.5) is 10.1 Å². The molecule has 5 heteroatoms. The number of ether oxygens (including phenoxy) is 2. The maximum Gasteiger partial charge on any atom is 0.255 e. The minimum absolute atomic E-state index is 0.275. The molecule has 0 spiro atoms. The van der Waals surface area contributed by atoms with Crippen molar-refractivity contribution in [3.05, 3.63) is 84.2 Å². The molecule has 1 amide bonds. The molecule has 0 aliphatic rings. The first kappa shape index (κ1) is 16.5. The van der Waals surface area contributed by atoms with Gasteiger partial charge in [0.05, 0.1) is 7.11 Å². The summed E-state index contributed by atoms with van der Waals surface area (Å²) in [6.07, 6.45) is 0. The van der Waals surface area contributed by atoms with Gasteiger partial charge in [-0.3, -0.25) is 4.79 Å². The second-order valence-electron chi connectivity index (χ2n) is 5.26. The molecule has 3 rings (SSSR count). The fraction of sp³-hybridized carbons (Fsp3) is 0.0500. The monoisotopic (exact) mass is 337 g/mol.